The average molecular weight is 211 g/mol. The van der Waals surface area contributed by atoms with E-state index < -0.39 is 12.3 Å². The zero-order valence-corrected chi connectivity index (χ0v) is 8.57. The van der Waals surface area contributed by atoms with Gasteiger partial charge in [0.2, 0.25) is 6.30 Å². The van der Waals surface area contributed by atoms with Crippen molar-refractivity contribution in [3.8, 4) is 0 Å². The van der Waals surface area contributed by atoms with Gasteiger partial charge >= 0.3 is 5.97 Å². The van der Waals surface area contributed by atoms with Crippen molar-refractivity contribution in [2.75, 3.05) is 6.61 Å². The summed E-state index contributed by atoms with van der Waals surface area (Å²) in [4.78, 5) is 10.9. The molecule has 0 amide bonds. The second-order valence-electron chi connectivity index (χ2n) is 2.98. The van der Waals surface area contributed by atoms with Crippen molar-refractivity contribution < 1.29 is 13.9 Å². The molecule has 0 aliphatic carbocycles. The highest BCUT2D eigenvalue weighted by molar-refractivity contribution is 5.73. The van der Waals surface area contributed by atoms with Gasteiger partial charge in [0.15, 0.2) is 0 Å². The van der Waals surface area contributed by atoms with Crippen LogP contribution in [0.4, 0.5) is 4.39 Å². The van der Waals surface area contributed by atoms with Crippen LogP contribution in [0.1, 0.15) is 12.5 Å². The molecule has 0 saturated heterocycles. The number of rotatable bonds is 5. The minimum Gasteiger partial charge on any atom is -0.463 e. The maximum absolute atomic E-state index is 13.1. The van der Waals surface area contributed by atoms with E-state index in [1.54, 1.807) is 6.92 Å². The number of halogens is 1. The topological polar surface area (TPSA) is 38.3 Å². The number of benzene rings is 1. The predicted octanol–water partition coefficient (Wildman–Crippen LogP) is 1.63. The lowest BCUT2D eigenvalue weighted by molar-refractivity contribution is -0.150. The maximum Gasteiger partial charge on any atom is 0.356 e. The van der Waals surface area contributed by atoms with Gasteiger partial charge < -0.3 is 4.74 Å². The molecule has 0 aliphatic rings. The first kappa shape index (κ1) is 11.7. The van der Waals surface area contributed by atoms with Crippen LogP contribution in [0.3, 0.4) is 0 Å². The molecule has 0 fully saturated rings. The van der Waals surface area contributed by atoms with Crippen LogP contribution in [-0.4, -0.2) is 18.9 Å². The fraction of sp³-hybridized carbons (Fsp3) is 0.364. The van der Waals surface area contributed by atoms with Gasteiger partial charge in [0.05, 0.1) is 6.61 Å². The largest absolute Gasteiger partial charge is 0.463 e. The zero-order chi connectivity index (χ0) is 11.1. The molecule has 0 saturated carbocycles. The quantitative estimate of drug-likeness (QED) is 0.594. The van der Waals surface area contributed by atoms with Crippen LogP contribution >= 0.6 is 0 Å². The van der Waals surface area contributed by atoms with Crippen LogP contribution in [0.15, 0.2) is 30.3 Å². The Morgan fingerprint density at radius 3 is 2.73 bits per heavy atom. The molecule has 0 radical (unpaired) electrons. The van der Waals surface area contributed by atoms with E-state index in [1.807, 2.05) is 30.3 Å². The van der Waals surface area contributed by atoms with Gasteiger partial charge in [-0.15, -0.1) is 0 Å². The highest BCUT2D eigenvalue weighted by atomic mass is 19.1. The molecular weight excluding hydrogens is 197 g/mol. The lowest BCUT2D eigenvalue weighted by Gasteiger charge is -2.09. The summed E-state index contributed by atoms with van der Waals surface area (Å²) in [7, 11) is 0. The third-order valence-corrected chi connectivity index (χ3v) is 1.82. The van der Waals surface area contributed by atoms with Crippen molar-refractivity contribution in [2.24, 2.45) is 0 Å². The van der Waals surface area contributed by atoms with Gasteiger partial charge in [-0.25, -0.2) is 9.18 Å². The number of hydrogen-bond donors (Lipinski definition) is 1. The third kappa shape index (κ3) is 4.08. The number of ether oxygens (including phenoxy) is 1. The minimum atomic E-state index is -1.76. The van der Waals surface area contributed by atoms with Crippen LogP contribution in [0.5, 0.6) is 0 Å². The highest BCUT2D eigenvalue weighted by Gasteiger charge is 2.16. The Bertz CT molecular complexity index is 303. The first-order valence-corrected chi connectivity index (χ1v) is 4.82. The Kier molecular flexibility index (Phi) is 4.77. The summed E-state index contributed by atoms with van der Waals surface area (Å²) < 4.78 is 17.6. The molecule has 0 heterocycles. The number of esters is 1. The second-order valence-corrected chi connectivity index (χ2v) is 2.98. The molecule has 15 heavy (non-hydrogen) atoms. The molecule has 1 aromatic carbocycles. The lowest BCUT2D eigenvalue weighted by atomic mass is 10.2. The van der Waals surface area contributed by atoms with Crippen molar-refractivity contribution in [1.29, 1.82) is 0 Å². The molecule has 1 N–H and O–H groups in total. The summed E-state index contributed by atoms with van der Waals surface area (Å²) in [5.74, 6) is -0.867. The summed E-state index contributed by atoms with van der Waals surface area (Å²) >= 11 is 0. The standard InChI is InChI=1S/C11H14FNO2/c1-2-15-11(14)10(12)13-8-9-6-4-3-5-7-9/h3-7,10,13H,2,8H2,1H3. The van der Waals surface area contributed by atoms with Crippen molar-refractivity contribution in [3.63, 3.8) is 0 Å². The number of carbonyl (C=O) groups is 1. The second kappa shape index (κ2) is 6.14. The lowest BCUT2D eigenvalue weighted by Crippen LogP contribution is -2.33. The first-order valence-electron chi connectivity index (χ1n) is 4.82. The first-order chi connectivity index (χ1) is 7.24. The average Bonchev–Trinajstić information content (AvgIpc) is 2.27. The molecule has 0 aliphatic heterocycles. The number of carbonyl (C=O) groups excluding carboxylic acids is 1. The van der Waals surface area contributed by atoms with Crippen molar-refractivity contribution >= 4 is 5.97 Å². The Morgan fingerprint density at radius 1 is 1.47 bits per heavy atom. The van der Waals surface area contributed by atoms with E-state index in [9.17, 15) is 9.18 Å². The van der Waals surface area contributed by atoms with E-state index >= 15 is 0 Å². The molecule has 1 rings (SSSR count). The van der Waals surface area contributed by atoms with Crippen molar-refractivity contribution in [2.45, 2.75) is 19.8 Å². The maximum atomic E-state index is 13.1. The van der Waals surface area contributed by atoms with Gasteiger partial charge in [0.25, 0.3) is 0 Å². The summed E-state index contributed by atoms with van der Waals surface area (Å²) in [6, 6.07) is 9.29. The van der Waals surface area contributed by atoms with Gasteiger partial charge in [0, 0.05) is 6.54 Å². The van der Waals surface area contributed by atoms with Gasteiger partial charge in [-0.1, -0.05) is 30.3 Å². The van der Waals surface area contributed by atoms with Gasteiger partial charge in [-0.05, 0) is 12.5 Å². The summed E-state index contributed by atoms with van der Waals surface area (Å²) in [5, 5.41) is 2.44. The smallest absolute Gasteiger partial charge is 0.356 e. The number of hydrogen-bond acceptors (Lipinski definition) is 3. The monoisotopic (exact) mass is 211 g/mol. The zero-order valence-electron chi connectivity index (χ0n) is 8.57. The molecule has 82 valence electrons. The SMILES string of the molecule is CCOC(=O)C(F)NCc1ccccc1. The van der Waals surface area contributed by atoms with E-state index in [4.69, 9.17) is 0 Å². The Labute approximate surface area is 88.2 Å². The molecule has 1 unspecified atom stereocenters. The van der Waals surface area contributed by atoms with Crippen LogP contribution in [0, 0.1) is 0 Å². The van der Waals surface area contributed by atoms with Gasteiger partial charge in [-0.3, -0.25) is 5.32 Å². The molecule has 0 aromatic heterocycles. The molecule has 3 nitrogen and oxygen atoms in total. The molecule has 0 spiro atoms. The molecule has 0 bridgehead atoms. The Hall–Kier alpha value is -1.42. The molecule has 1 aromatic rings. The normalized spacial score (nSPS) is 12.1. The van der Waals surface area contributed by atoms with E-state index in [-0.39, 0.29) is 6.61 Å². The predicted molar refractivity (Wildman–Crippen MR) is 54.8 cm³/mol. The third-order valence-electron chi connectivity index (χ3n) is 1.82. The van der Waals surface area contributed by atoms with Crippen molar-refractivity contribution in [1.82, 2.24) is 5.32 Å². The summed E-state index contributed by atoms with van der Waals surface area (Å²) in [5.41, 5.74) is 0.921. The molecule has 4 heteroatoms. The summed E-state index contributed by atoms with van der Waals surface area (Å²) in [6.45, 7) is 2.13. The highest BCUT2D eigenvalue weighted by Crippen LogP contribution is 1.99. The fourth-order valence-corrected chi connectivity index (χ4v) is 1.10. The minimum absolute atomic E-state index is 0.187. The van der Waals surface area contributed by atoms with Gasteiger partial charge in [0.1, 0.15) is 0 Å². The Balaban J connectivity index is 2.34. The van der Waals surface area contributed by atoms with E-state index in [2.05, 4.69) is 10.1 Å². The van der Waals surface area contributed by atoms with Crippen LogP contribution in [0.25, 0.3) is 0 Å². The van der Waals surface area contributed by atoms with Gasteiger partial charge in [-0.2, -0.15) is 0 Å². The van der Waals surface area contributed by atoms with Crippen molar-refractivity contribution in [3.05, 3.63) is 35.9 Å². The van der Waals surface area contributed by atoms with Crippen LogP contribution in [0.2, 0.25) is 0 Å². The molecule has 1 atom stereocenters. The number of nitrogens with one attached hydrogen (secondary N) is 1. The fourth-order valence-electron chi connectivity index (χ4n) is 1.10. The molecular formula is C11H14FNO2. The van der Waals surface area contributed by atoms with Crippen LogP contribution in [-0.2, 0) is 16.1 Å². The van der Waals surface area contributed by atoms with E-state index in [0.29, 0.717) is 6.54 Å². The number of alkyl halides is 1. The Morgan fingerprint density at radius 2 is 2.13 bits per heavy atom. The van der Waals surface area contributed by atoms with E-state index in [0.717, 1.165) is 5.56 Å². The van der Waals surface area contributed by atoms with Crippen LogP contribution < -0.4 is 5.32 Å². The summed E-state index contributed by atoms with van der Waals surface area (Å²) in [6.07, 6.45) is -1.76. The van der Waals surface area contributed by atoms with E-state index in [1.165, 1.54) is 0 Å².